The van der Waals surface area contributed by atoms with Crippen LogP contribution in [0.1, 0.15) is 31.7 Å². The molecule has 0 aliphatic carbocycles. The fourth-order valence-corrected chi connectivity index (χ4v) is 3.53. The van der Waals surface area contributed by atoms with Gasteiger partial charge in [-0.1, -0.05) is 24.3 Å². The maximum atomic E-state index is 13.2. The number of aliphatic imine (C=N–C) groups is 1. The molecular formula is C24H34N6O6. The monoisotopic (exact) mass is 502 g/mol. The Hall–Kier alpha value is -4.09. The van der Waals surface area contributed by atoms with E-state index < -0.39 is 41.8 Å². The summed E-state index contributed by atoms with van der Waals surface area (Å²) in [7, 11) is 1.22. The molecule has 7 N–H and O–H groups in total. The largest absolute Gasteiger partial charge is 0.490 e. The zero-order chi connectivity index (χ0) is 26.5. The van der Waals surface area contributed by atoms with Gasteiger partial charge in [-0.25, -0.2) is 4.79 Å². The second kappa shape index (κ2) is 14.3. The smallest absolute Gasteiger partial charge is 0.328 e. The molecule has 36 heavy (non-hydrogen) atoms. The molecule has 0 saturated heterocycles. The number of nitrogens with two attached hydrogens (primary N) is 2. The third kappa shape index (κ3) is 9.65. The van der Waals surface area contributed by atoms with Crippen molar-refractivity contribution in [3.05, 3.63) is 42.0 Å². The molecule has 2 aliphatic heterocycles. The molecule has 12 heteroatoms. The number of ether oxygens (including phenoxy) is 2. The van der Waals surface area contributed by atoms with Crippen molar-refractivity contribution in [3.8, 4) is 5.75 Å². The van der Waals surface area contributed by atoms with Gasteiger partial charge < -0.3 is 36.9 Å². The van der Waals surface area contributed by atoms with Crippen molar-refractivity contribution in [2.24, 2.45) is 16.5 Å². The van der Waals surface area contributed by atoms with Crippen LogP contribution in [-0.4, -0.2) is 68.0 Å². The van der Waals surface area contributed by atoms with E-state index in [-0.39, 0.29) is 38.4 Å². The summed E-state index contributed by atoms with van der Waals surface area (Å²) in [6.45, 7) is 1.80. The van der Waals surface area contributed by atoms with E-state index >= 15 is 0 Å². The summed E-state index contributed by atoms with van der Waals surface area (Å²) in [5.41, 5.74) is 11.5. The highest BCUT2D eigenvalue weighted by atomic mass is 16.5. The predicted molar refractivity (Wildman–Crippen MR) is 133 cm³/mol. The summed E-state index contributed by atoms with van der Waals surface area (Å²) >= 11 is 0. The average molecular weight is 503 g/mol. The van der Waals surface area contributed by atoms with Crippen molar-refractivity contribution in [2.45, 2.75) is 50.7 Å². The van der Waals surface area contributed by atoms with E-state index in [0.29, 0.717) is 12.2 Å². The van der Waals surface area contributed by atoms with Crippen molar-refractivity contribution >= 4 is 29.7 Å². The quantitative estimate of drug-likeness (QED) is 0.111. The molecule has 0 saturated carbocycles. The predicted octanol–water partition coefficient (Wildman–Crippen LogP) is -0.731. The minimum Gasteiger partial charge on any atom is -0.490 e. The molecular weight excluding hydrogens is 468 g/mol. The van der Waals surface area contributed by atoms with Gasteiger partial charge in [0.15, 0.2) is 5.96 Å². The molecule has 0 aromatic heterocycles. The van der Waals surface area contributed by atoms with E-state index in [2.05, 4.69) is 20.9 Å². The van der Waals surface area contributed by atoms with Crippen LogP contribution in [0.2, 0.25) is 0 Å². The Kier molecular flexibility index (Phi) is 11.2. The third-order valence-corrected chi connectivity index (χ3v) is 5.32. The summed E-state index contributed by atoms with van der Waals surface area (Å²) in [5, 5.41) is 7.97. The van der Waals surface area contributed by atoms with E-state index in [1.807, 2.05) is 0 Å². The van der Waals surface area contributed by atoms with Crippen LogP contribution in [0.25, 0.3) is 0 Å². The minimum atomic E-state index is -1.01. The second-order valence-corrected chi connectivity index (χ2v) is 8.21. The molecule has 2 heterocycles. The number of hydrogen-bond acceptors (Lipinski definition) is 7. The fourth-order valence-electron chi connectivity index (χ4n) is 3.53. The second-order valence-electron chi connectivity index (χ2n) is 8.21. The molecule has 0 spiro atoms. The molecule has 0 fully saturated rings. The van der Waals surface area contributed by atoms with Crippen molar-refractivity contribution in [1.82, 2.24) is 16.0 Å². The minimum absolute atomic E-state index is 0.0874. The number of carbonyl (C=O) groups excluding carboxylic acids is 4. The topological polar surface area (TPSA) is 187 Å². The zero-order valence-corrected chi connectivity index (χ0v) is 20.5. The normalized spacial score (nSPS) is 20.8. The highest BCUT2D eigenvalue weighted by molar-refractivity contribution is 5.93. The van der Waals surface area contributed by atoms with Crippen LogP contribution in [0.4, 0.5) is 0 Å². The molecule has 1 aromatic rings. The lowest BCUT2D eigenvalue weighted by atomic mass is 10.0. The molecule has 12 nitrogen and oxygen atoms in total. The summed E-state index contributed by atoms with van der Waals surface area (Å²) in [6, 6.07) is 4.20. The average Bonchev–Trinajstić information content (AvgIpc) is 2.84. The summed E-state index contributed by atoms with van der Waals surface area (Å²) < 4.78 is 10.5. The van der Waals surface area contributed by atoms with E-state index in [1.165, 1.54) is 14.0 Å². The molecule has 1 aromatic carbocycles. The van der Waals surface area contributed by atoms with E-state index in [4.69, 9.17) is 20.9 Å². The first-order valence-electron chi connectivity index (χ1n) is 11.6. The Morgan fingerprint density at radius 3 is 2.50 bits per heavy atom. The molecule has 2 aliphatic rings. The van der Waals surface area contributed by atoms with Crippen LogP contribution in [0, 0.1) is 0 Å². The van der Waals surface area contributed by atoms with Gasteiger partial charge in [0.25, 0.3) is 0 Å². The molecule has 3 atom stereocenters. The van der Waals surface area contributed by atoms with Crippen LogP contribution in [-0.2, 0) is 30.3 Å². The number of amides is 3. The number of nitrogens with zero attached hydrogens (tertiary/aromatic N) is 1. The Balaban J connectivity index is 2.34. The number of nitrogens with one attached hydrogen (secondary N) is 3. The molecule has 3 rings (SSSR count). The standard InChI is InChI=1S/C24H34N6O6/c1-15(31)28-20-14-16-8-10-17(11-9-16)36-13-4-3-6-19(23(34)35-2)30-21(32)18(29-22(20)33)7-5-12-27-24(25)26/h3-4,8-11,18-20H,5-7,12-14H2,1-2H3,(H,28,31)(H,29,33)(H,30,32)(H4,25,26,27)/t18-,19-,20-/m0/s1. The molecule has 196 valence electrons. The lowest BCUT2D eigenvalue weighted by Gasteiger charge is -2.24. The van der Waals surface area contributed by atoms with Gasteiger partial charge in [0.1, 0.15) is 30.5 Å². The SMILES string of the molecule is COC(=O)[C@@H]1CC=CCOc2ccc(cc2)C[C@H](NC(C)=O)C(=O)N[C@@H](CCCN=C(N)N)C(=O)N1. The Labute approximate surface area is 209 Å². The fraction of sp³-hybridized carbons (Fsp3) is 0.458. The van der Waals surface area contributed by atoms with Crippen molar-refractivity contribution in [3.63, 3.8) is 0 Å². The number of esters is 1. The number of carbonyl (C=O) groups is 4. The first-order chi connectivity index (χ1) is 17.2. The van der Waals surface area contributed by atoms with Gasteiger partial charge in [-0.3, -0.25) is 19.4 Å². The number of fused-ring (bicyclic) bond motifs is 13. The van der Waals surface area contributed by atoms with E-state index in [1.54, 1.807) is 36.4 Å². The van der Waals surface area contributed by atoms with Gasteiger partial charge in [0.2, 0.25) is 17.7 Å². The lowest BCUT2D eigenvalue weighted by molar-refractivity contribution is -0.145. The lowest BCUT2D eigenvalue weighted by Crippen LogP contribution is -2.56. The Morgan fingerprint density at radius 2 is 1.86 bits per heavy atom. The molecule has 0 unspecified atom stereocenters. The van der Waals surface area contributed by atoms with Crippen molar-refractivity contribution in [1.29, 1.82) is 0 Å². The van der Waals surface area contributed by atoms with E-state index in [9.17, 15) is 19.2 Å². The molecule has 0 radical (unpaired) electrons. The van der Waals surface area contributed by atoms with Crippen LogP contribution in [0.3, 0.4) is 0 Å². The Bertz CT molecular complexity index is 974. The van der Waals surface area contributed by atoms with E-state index in [0.717, 1.165) is 5.56 Å². The number of guanidine groups is 1. The van der Waals surface area contributed by atoms with Gasteiger partial charge in [-0.15, -0.1) is 0 Å². The maximum Gasteiger partial charge on any atom is 0.328 e. The first kappa shape index (κ1) is 28.1. The number of methoxy groups -OCH3 is 1. The van der Waals surface area contributed by atoms with Gasteiger partial charge in [-0.2, -0.15) is 0 Å². The van der Waals surface area contributed by atoms with Crippen molar-refractivity contribution < 1.29 is 28.7 Å². The molecule has 2 bridgehead atoms. The van der Waals surface area contributed by atoms with Crippen LogP contribution in [0.5, 0.6) is 5.75 Å². The van der Waals surface area contributed by atoms with Crippen LogP contribution >= 0.6 is 0 Å². The molecule has 3 amide bonds. The third-order valence-electron chi connectivity index (χ3n) is 5.32. The highest BCUT2D eigenvalue weighted by Gasteiger charge is 2.29. The highest BCUT2D eigenvalue weighted by Crippen LogP contribution is 2.14. The first-order valence-corrected chi connectivity index (χ1v) is 11.6. The van der Waals surface area contributed by atoms with Crippen LogP contribution < -0.4 is 32.2 Å². The van der Waals surface area contributed by atoms with Crippen LogP contribution in [0.15, 0.2) is 41.4 Å². The number of hydrogen-bond donors (Lipinski definition) is 5. The van der Waals surface area contributed by atoms with Gasteiger partial charge in [0, 0.05) is 19.9 Å². The number of benzene rings is 1. The summed E-state index contributed by atoms with van der Waals surface area (Å²) in [4.78, 5) is 54.3. The summed E-state index contributed by atoms with van der Waals surface area (Å²) in [5.74, 6) is -1.63. The zero-order valence-electron chi connectivity index (χ0n) is 20.5. The van der Waals surface area contributed by atoms with Gasteiger partial charge in [-0.05, 0) is 37.0 Å². The number of rotatable bonds is 6. The maximum absolute atomic E-state index is 13.2. The van der Waals surface area contributed by atoms with Crippen molar-refractivity contribution in [2.75, 3.05) is 20.3 Å². The Morgan fingerprint density at radius 1 is 1.14 bits per heavy atom. The van der Waals surface area contributed by atoms with Gasteiger partial charge in [0.05, 0.1) is 7.11 Å². The van der Waals surface area contributed by atoms with Gasteiger partial charge >= 0.3 is 5.97 Å². The summed E-state index contributed by atoms with van der Waals surface area (Å²) in [6.07, 6.45) is 4.35.